The van der Waals surface area contributed by atoms with Crippen LogP contribution in [0, 0.1) is 0 Å². The molecule has 0 amide bonds. The van der Waals surface area contributed by atoms with Crippen LogP contribution in [-0.2, 0) is 11.4 Å². The van der Waals surface area contributed by atoms with Gasteiger partial charge >= 0.3 is 0 Å². The molecule has 3 aromatic rings. The smallest absolute Gasteiger partial charge is 0.276 e. The summed E-state index contributed by atoms with van der Waals surface area (Å²) in [6, 6.07) is 17.7. The van der Waals surface area contributed by atoms with Crippen LogP contribution in [0.3, 0.4) is 0 Å². The Morgan fingerprint density at radius 1 is 0.826 bits per heavy atom. The Balaban J connectivity index is 1.86. The fourth-order valence-electron chi connectivity index (χ4n) is 3.70. The minimum absolute atomic E-state index is 0.288. The Kier molecular flexibility index (Phi) is 2.11. The molecule has 1 heterocycles. The standard InChI is InChI=1S/C19H12O4/c20-17-13-7-3-4-8-14(13)19(22)18(17,21)15-9-11-5-1-2-6-12(11)10-16(15)23-19/h1-10,21-22H/t18-,19+/m1/s1. The van der Waals surface area contributed by atoms with Crippen molar-refractivity contribution in [2.24, 2.45) is 0 Å². The molecule has 4 heteroatoms. The van der Waals surface area contributed by atoms with Crippen molar-refractivity contribution in [3.05, 3.63) is 77.4 Å². The van der Waals surface area contributed by atoms with Crippen LogP contribution in [0.5, 0.6) is 5.75 Å². The van der Waals surface area contributed by atoms with Crippen molar-refractivity contribution in [2.45, 2.75) is 11.4 Å². The van der Waals surface area contributed by atoms with Crippen LogP contribution >= 0.6 is 0 Å². The predicted molar refractivity (Wildman–Crippen MR) is 83.1 cm³/mol. The maximum Gasteiger partial charge on any atom is 0.276 e. The summed E-state index contributed by atoms with van der Waals surface area (Å²) in [7, 11) is 0. The van der Waals surface area contributed by atoms with E-state index in [1.807, 2.05) is 24.3 Å². The van der Waals surface area contributed by atoms with Gasteiger partial charge in [-0.2, -0.15) is 0 Å². The molecule has 5 rings (SSSR count). The van der Waals surface area contributed by atoms with Crippen LogP contribution in [0.2, 0.25) is 0 Å². The molecule has 0 spiro atoms. The zero-order valence-electron chi connectivity index (χ0n) is 12.0. The number of ketones is 1. The van der Waals surface area contributed by atoms with Gasteiger partial charge in [0.05, 0.1) is 0 Å². The minimum atomic E-state index is -2.12. The highest BCUT2D eigenvalue weighted by Gasteiger charge is 2.70. The molecule has 0 unspecified atom stereocenters. The van der Waals surface area contributed by atoms with Crippen molar-refractivity contribution in [1.82, 2.24) is 0 Å². The molecule has 1 aliphatic heterocycles. The van der Waals surface area contributed by atoms with Crippen LogP contribution < -0.4 is 4.74 Å². The third kappa shape index (κ3) is 1.28. The molecule has 4 nitrogen and oxygen atoms in total. The highest BCUT2D eigenvalue weighted by atomic mass is 16.7. The number of hydrogen-bond acceptors (Lipinski definition) is 4. The van der Waals surface area contributed by atoms with E-state index < -0.39 is 17.2 Å². The number of carbonyl (C=O) groups excluding carboxylic acids is 1. The zero-order chi connectivity index (χ0) is 15.8. The predicted octanol–water partition coefficient (Wildman–Crippen LogP) is 2.46. The van der Waals surface area contributed by atoms with Gasteiger partial charge in [-0.15, -0.1) is 0 Å². The lowest BCUT2D eigenvalue weighted by Gasteiger charge is -2.28. The molecule has 1 aliphatic carbocycles. The maximum atomic E-state index is 12.8. The van der Waals surface area contributed by atoms with Crippen LogP contribution in [0.25, 0.3) is 10.8 Å². The van der Waals surface area contributed by atoms with Gasteiger partial charge in [-0.25, -0.2) is 0 Å². The van der Waals surface area contributed by atoms with Crippen molar-refractivity contribution in [3.63, 3.8) is 0 Å². The van der Waals surface area contributed by atoms with Crippen molar-refractivity contribution >= 4 is 16.6 Å². The molecule has 2 aliphatic rings. The zero-order valence-corrected chi connectivity index (χ0v) is 12.0. The highest BCUT2D eigenvalue weighted by molar-refractivity contribution is 6.10. The van der Waals surface area contributed by atoms with Crippen LogP contribution in [0.1, 0.15) is 21.5 Å². The van der Waals surface area contributed by atoms with Gasteiger partial charge in [0, 0.05) is 16.7 Å². The maximum absolute atomic E-state index is 12.8. The van der Waals surface area contributed by atoms with Crippen molar-refractivity contribution in [1.29, 1.82) is 0 Å². The SMILES string of the molecule is O=C1c2ccccc2[C@]2(O)Oc3cc4ccccc4cc3[C@@]12O. The van der Waals surface area contributed by atoms with E-state index in [9.17, 15) is 15.0 Å². The van der Waals surface area contributed by atoms with Gasteiger partial charge in [-0.3, -0.25) is 4.79 Å². The van der Waals surface area contributed by atoms with E-state index in [4.69, 9.17) is 4.74 Å². The van der Waals surface area contributed by atoms with Gasteiger partial charge in [-0.1, -0.05) is 48.5 Å². The summed E-state index contributed by atoms with van der Waals surface area (Å²) in [5.41, 5.74) is -1.22. The minimum Gasteiger partial charge on any atom is -0.454 e. The third-order valence-corrected chi connectivity index (χ3v) is 4.85. The Labute approximate surface area is 131 Å². The molecule has 0 aromatic heterocycles. The largest absolute Gasteiger partial charge is 0.454 e. The first-order valence-electron chi connectivity index (χ1n) is 7.37. The van der Waals surface area contributed by atoms with E-state index in [1.54, 1.807) is 36.4 Å². The van der Waals surface area contributed by atoms with E-state index in [0.29, 0.717) is 16.9 Å². The normalized spacial score (nSPS) is 27.5. The number of rotatable bonds is 0. The first-order chi connectivity index (χ1) is 11.1. The fourth-order valence-corrected chi connectivity index (χ4v) is 3.70. The summed E-state index contributed by atoms with van der Waals surface area (Å²) in [6.07, 6.45) is 0. The van der Waals surface area contributed by atoms with E-state index in [-0.39, 0.29) is 5.56 Å². The number of ether oxygens (including phenoxy) is 1. The third-order valence-electron chi connectivity index (χ3n) is 4.85. The molecule has 0 fully saturated rings. The number of fused-ring (bicyclic) bond motifs is 6. The summed E-state index contributed by atoms with van der Waals surface area (Å²) in [5.74, 6) is -2.29. The second kappa shape index (κ2) is 3.79. The van der Waals surface area contributed by atoms with Crippen molar-refractivity contribution in [2.75, 3.05) is 0 Å². The van der Waals surface area contributed by atoms with Gasteiger partial charge in [0.15, 0.2) is 0 Å². The second-order valence-electron chi connectivity index (χ2n) is 6.03. The molecule has 112 valence electrons. The number of carbonyl (C=O) groups is 1. The van der Waals surface area contributed by atoms with Crippen LogP contribution in [-0.4, -0.2) is 16.0 Å². The number of hydrogen-bond donors (Lipinski definition) is 2. The van der Waals surface area contributed by atoms with E-state index in [2.05, 4.69) is 0 Å². The number of aliphatic hydroxyl groups is 2. The lowest BCUT2D eigenvalue weighted by Crippen LogP contribution is -2.48. The molecule has 0 radical (unpaired) electrons. The molecule has 0 saturated heterocycles. The highest BCUT2D eigenvalue weighted by Crippen LogP contribution is 2.58. The molecule has 23 heavy (non-hydrogen) atoms. The van der Waals surface area contributed by atoms with Crippen molar-refractivity contribution in [3.8, 4) is 5.75 Å². The topological polar surface area (TPSA) is 66.8 Å². The quantitative estimate of drug-likeness (QED) is 0.669. The Hall–Kier alpha value is -2.69. The Morgan fingerprint density at radius 2 is 1.48 bits per heavy atom. The summed E-state index contributed by atoms with van der Waals surface area (Å²) < 4.78 is 5.71. The van der Waals surface area contributed by atoms with E-state index in [0.717, 1.165) is 10.8 Å². The number of Topliss-reactive ketones (excluding diaryl/α,β-unsaturated/α-hetero) is 1. The van der Waals surface area contributed by atoms with Gasteiger partial charge in [0.1, 0.15) is 5.75 Å². The lowest BCUT2D eigenvalue weighted by molar-refractivity contribution is -0.224. The monoisotopic (exact) mass is 304 g/mol. The van der Waals surface area contributed by atoms with Gasteiger partial charge in [-0.05, 0) is 22.9 Å². The summed E-state index contributed by atoms with van der Waals surface area (Å²) in [5, 5.41) is 24.0. The van der Waals surface area contributed by atoms with Gasteiger partial charge < -0.3 is 14.9 Å². The molecular weight excluding hydrogens is 292 g/mol. The summed E-state index contributed by atoms with van der Waals surface area (Å²) in [4.78, 5) is 12.8. The molecule has 0 bridgehead atoms. The molecular formula is C19H12O4. The summed E-state index contributed by atoms with van der Waals surface area (Å²) >= 11 is 0. The van der Waals surface area contributed by atoms with Gasteiger partial charge in [0.2, 0.25) is 11.4 Å². The molecule has 2 atom stereocenters. The lowest BCUT2D eigenvalue weighted by atomic mass is 9.86. The molecule has 2 N–H and O–H groups in total. The first-order valence-corrected chi connectivity index (χ1v) is 7.37. The van der Waals surface area contributed by atoms with Crippen LogP contribution in [0.15, 0.2) is 60.7 Å². The summed E-state index contributed by atoms with van der Waals surface area (Å²) in [6.45, 7) is 0. The number of benzene rings is 3. The second-order valence-corrected chi connectivity index (χ2v) is 6.03. The average Bonchev–Trinajstić information content (AvgIpc) is 2.90. The van der Waals surface area contributed by atoms with Crippen LogP contribution in [0.4, 0.5) is 0 Å². The van der Waals surface area contributed by atoms with Crippen molar-refractivity contribution < 1.29 is 19.7 Å². The van der Waals surface area contributed by atoms with E-state index in [1.165, 1.54) is 0 Å². The molecule has 0 saturated carbocycles. The Bertz CT molecular complexity index is 1010. The Morgan fingerprint density at radius 3 is 2.26 bits per heavy atom. The fraction of sp³-hybridized carbons (Fsp3) is 0.105. The van der Waals surface area contributed by atoms with E-state index >= 15 is 0 Å². The van der Waals surface area contributed by atoms with Gasteiger partial charge in [0.25, 0.3) is 5.79 Å². The average molecular weight is 304 g/mol. The first kappa shape index (κ1) is 12.8. The molecule has 3 aromatic carbocycles.